The van der Waals surface area contributed by atoms with Gasteiger partial charge in [0.1, 0.15) is 6.61 Å². The van der Waals surface area contributed by atoms with Crippen LogP contribution in [0.5, 0.6) is 0 Å². The normalized spacial score (nSPS) is 11.5. The molecule has 3 nitrogen and oxygen atoms in total. The Morgan fingerprint density at radius 3 is 2.53 bits per heavy atom. The van der Waals surface area contributed by atoms with Crippen molar-refractivity contribution in [2.24, 2.45) is 5.92 Å². The predicted molar refractivity (Wildman–Crippen MR) is 76.1 cm³/mol. The number of hydrogen-bond donors (Lipinski definition) is 1. The lowest BCUT2D eigenvalue weighted by molar-refractivity contribution is 0.260. The van der Waals surface area contributed by atoms with Gasteiger partial charge in [-0.15, -0.1) is 0 Å². The zero-order chi connectivity index (χ0) is 14.1. The van der Waals surface area contributed by atoms with E-state index in [1.807, 2.05) is 31.2 Å². The Balaban J connectivity index is 2.63. The number of hydrogen-bond acceptors (Lipinski definition) is 3. The lowest BCUT2D eigenvalue weighted by Crippen LogP contribution is -2.27. The number of nitrogens with zero attached hydrogens (tertiary/aromatic N) is 2. The third kappa shape index (κ3) is 5.57. The topological polar surface area (TPSA) is 47.3 Å². The van der Waals surface area contributed by atoms with Gasteiger partial charge in [-0.05, 0) is 31.2 Å². The van der Waals surface area contributed by atoms with E-state index < -0.39 is 0 Å². The number of benzene rings is 1. The second kappa shape index (κ2) is 8.32. The maximum Gasteiger partial charge on any atom is 0.104 e. The van der Waals surface area contributed by atoms with E-state index in [-0.39, 0.29) is 12.5 Å². The summed E-state index contributed by atoms with van der Waals surface area (Å²) < 4.78 is 0. The van der Waals surface area contributed by atoms with Crippen LogP contribution in [0, 0.1) is 29.1 Å². The maximum absolute atomic E-state index is 8.85. The van der Waals surface area contributed by atoms with Crippen molar-refractivity contribution in [3.63, 3.8) is 0 Å². The Kier molecular flexibility index (Phi) is 6.68. The van der Waals surface area contributed by atoms with E-state index in [0.717, 1.165) is 25.2 Å². The van der Waals surface area contributed by atoms with Crippen LogP contribution in [0.3, 0.4) is 0 Å². The highest BCUT2D eigenvalue weighted by Gasteiger charge is 2.08. The largest absolute Gasteiger partial charge is 0.384 e. The number of aliphatic hydroxyl groups excluding tert-OH is 1. The first-order valence-electron chi connectivity index (χ1n) is 6.50. The van der Waals surface area contributed by atoms with Gasteiger partial charge in [0.2, 0.25) is 0 Å². The molecule has 100 valence electrons. The summed E-state index contributed by atoms with van der Waals surface area (Å²) in [5, 5.41) is 17.5. The zero-order valence-electron chi connectivity index (χ0n) is 11.6. The van der Waals surface area contributed by atoms with Crippen LogP contribution < -0.4 is 0 Å². The molecule has 0 aliphatic heterocycles. The summed E-state index contributed by atoms with van der Waals surface area (Å²) in [6.45, 7) is 6.49. The van der Waals surface area contributed by atoms with E-state index in [9.17, 15) is 0 Å². The zero-order valence-corrected chi connectivity index (χ0v) is 11.6. The first-order chi connectivity index (χ1) is 9.19. The van der Waals surface area contributed by atoms with Gasteiger partial charge in [-0.25, -0.2) is 0 Å². The Hall–Kier alpha value is -1.81. The Morgan fingerprint density at radius 1 is 1.32 bits per heavy atom. The van der Waals surface area contributed by atoms with Gasteiger partial charge in [0.15, 0.2) is 0 Å². The average Bonchev–Trinajstić information content (AvgIpc) is 2.45. The summed E-state index contributed by atoms with van der Waals surface area (Å²) in [5.74, 6) is 5.55. The highest BCUT2D eigenvalue weighted by atomic mass is 16.2. The summed E-state index contributed by atoms with van der Waals surface area (Å²) in [6.07, 6.45) is 0. The Morgan fingerprint density at radius 2 is 2.00 bits per heavy atom. The molecule has 0 aromatic heterocycles. The van der Waals surface area contributed by atoms with Crippen molar-refractivity contribution in [2.75, 3.05) is 19.7 Å². The number of nitriles is 1. The molecule has 0 saturated heterocycles. The van der Waals surface area contributed by atoms with Crippen LogP contribution in [0.15, 0.2) is 24.3 Å². The smallest absolute Gasteiger partial charge is 0.104 e. The summed E-state index contributed by atoms with van der Waals surface area (Å²) >= 11 is 0. The van der Waals surface area contributed by atoms with Gasteiger partial charge >= 0.3 is 0 Å². The highest BCUT2D eigenvalue weighted by molar-refractivity contribution is 5.36. The first kappa shape index (κ1) is 15.2. The second-order valence-electron chi connectivity index (χ2n) is 4.51. The Bertz CT molecular complexity index is 476. The molecule has 19 heavy (non-hydrogen) atoms. The summed E-state index contributed by atoms with van der Waals surface area (Å²) in [7, 11) is 0. The van der Waals surface area contributed by atoms with E-state index in [4.69, 9.17) is 10.4 Å². The van der Waals surface area contributed by atoms with Gasteiger partial charge in [0.05, 0.1) is 12.0 Å². The molecule has 0 spiro atoms. The average molecular weight is 256 g/mol. The molecule has 3 heteroatoms. The molecule has 0 bridgehead atoms. The van der Waals surface area contributed by atoms with Crippen LogP contribution in [0.4, 0.5) is 0 Å². The van der Waals surface area contributed by atoms with E-state index >= 15 is 0 Å². The predicted octanol–water partition coefficient (Wildman–Crippen LogP) is 2.01. The van der Waals surface area contributed by atoms with Gasteiger partial charge in [0.25, 0.3) is 0 Å². The summed E-state index contributed by atoms with van der Waals surface area (Å²) in [6, 6.07) is 10.3. The minimum Gasteiger partial charge on any atom is -0.384 e. The molecule has 0 aliphatic carbocycles. The second-order valence-corrected chi connectivity index (χ2v) is 4.51. The van der Waals surface area contributed by atoms with Crippen LogP contribution in [-0.2, 0) is 6.54 Å². The molecule has 1 rings (SSSR count). The molecule has 0 fully saturated rings. The van der Waals surface area contributed by atoms with Gasteiger partial charge in [-0.2, -0.15) is 5.26 Å². The van der Waals surface area contributed by atoms with Crippen molar-refractivity contribution >= 4 is 0 Å². The van der Waals surface area contributed by atoms with Gasteiger partial charge in [0, 0.05) is 18.7 Å². The van der Waals surface area contributed by atoms with E-state index in [1.165, 1.54) is 5.56 Å². The minimum atomic E-state index is -0.114. The van der Waals surface area contributed by atoms with Crippen LogP contribution in [0.1, 0.15) is 25.0 Å². The van der Waals surface area contributed by atoms with Crippen LogP contribution in [0.25, 0.3) is 0 Å². The fourth-order valence-corrected chi connectivity index (χ4v) is 1.83. The standard InChI is InChI=1S/C16H20N2O/c1-3-18(12-14(2)11-17)13-16-8-6-15(7-9-16)5-4-10-19/h6-9,14,19H,3,10,12-13H2,1-2H3. The van der Waals surface area contributed by atoms with Gasteiger partial charge < -0.3 is 5.11 Å². The highest BCUT2D eigenvalue weighted by Crippen LogP contribution is 2.08. The molecule has 1 atom stereocenters. The van der Waals surface area contributed by atoms with E-state index in [1.54, 1.807) is 0 Å². The lowest BCUT2D eigenvalue weighted by atomic mass is 10.1. The fraction of sp³-hybridized carbons (Fsp3) is 0.438. The van der Waals surface area contributed by atoms with E-state index in [2.05, 4.69) is 29.7 Å². The fourth-order valence-electron chi connectivity index (χ4n) is 1.83. The van der Waals surface area contributed by atoms with Gasteiger partial charge in [-0.3, -0.25) is 4.90 Å². The Labute approximate surface area is 115 Å². The summed E-state index contributed by atoms with van der Waals surface area (Å²) in [4.78, 5) is 2.25. The number of aliphatic hydroxyl groups is 1. The van der Waals surface area contributed by atoms with Crippen molar-refractivity contribution in [3.8, 4) is 17.9 Å². The van der Waals surface area contributed by atoms with Crippen molar-refractivity contribution < 1.29 is 5.11 Å². The molecule has 1 N–H and O–H groups in total. The van der Waals surface area contributed by atoms with E-state index in [0.29, 0.717) is 0 Å². The molecule has 1 aromatic carbocycles. The summed E-state index contributed by atoms with van der Waals surface area (Å²) in [5.41, 5.74) is 2.12. The van der Waals surface area contributed by atoms with Crippen molar-refractivity contribution in [1.29, 1.82) is 5.26 Å². The van der Waals surface area contributed by atoms with Crippen LogP contribution in [-0.4, -0.2) is 29.7 Å². The third-order valence-corrected chi connectivity index (χ3v) is 2.87. The molecule has 0 heterocycles. The lowest BCUT2D eigenvalue weighted by Gasteiger charge is -2.21. The van der Waals surface area contributed by atoms with Crippen LogP contribution >= 0.6 is 0 Å². The molecule has 0 amide bonds. The molecule has 0 radical (unpaired) electrons. The van der Waals surface area contributed by atoms with Gasteiger partial charge in [-0.1, -0.05) is 30.9 Å². The van der Waals surface area contributed by atoms with Crippen molar-refractivity contribution in [2.45, 2.75) is 20.4 Å². The van der Waals surface area contributed by atoms with Crippen molar-refractivity contribution in [1.82, 2.24) is 4.90 Å². The molecule has 0 aliphatic rings. The quantitative estimate of drug-likeness (QED) is 0.820. The third-order valence-electron chi connectivity index (χ3n) is 2.87. The first-order valence-corrected chi connectivity index (χ1v) is 6.50. The minimum absolute atomic E-state index is 0.0506. The van der Waals surface area contributed by atoms with Crippen LogP contribution in [0.2, 0.25) is 0 Å². The monoisotopic (exact) mass is 256 g/mol. The maximum atomic E-state index is 8.85. The SMILES string of the molecule is CCN(Cc1ccc(C#CCO)cc1)CC(C)C#N. The number of rotatable bonds is 5. The molecule has 0 saturated carbocycles. The molecular weight excluding hydrogens is 236 g/mol. The molecular formula is C16H20N2O. The molecule has 1 unspecified atom stereocenters. The van der Waals surface area contributed by atoms with Crippen molar-refractivity contribution in [3.05, 3.63) is 35.4 Å². The molecule has 1 aromatic rings.